The second kappa shape index (κ2) is 26.0. The van der Waals surface area contributed by atoms with Crippen LogP contribution in [0.15, 0.2) is 134 Å². The van der Waals surface area contributed by atoms with Gasteiger partial charge in [-0.25, -0.2) is 47.1 Å². The van der Waals surface area contributed by atoms with Crippen LogP contribution in [0.2, 0.25) is 0 Å². The molecule has 0 saturated carbocycles. The van der Waals surface area contributed by atoms with Gasteiger partial charge in [0.1, 0.15) is 59.5 Å². The van der Waals surface area contributed by atoms with Crippen molar-refractivity contribution < 1.29 is 65.9 Å². The maximum Gasteiger partial charge on any atom is 0.335 e. The smallest absolute Gasteiger partial charge is 0.335 e. The largest absolute Gasteiger partial charge is 0.478 e. The van der Waals surface area contributed by atoms with Crippen LogP contribution in [0.25, 0.3) is 44.6 Å². The summed E-state index contributed by atoms with van der Waals surface area (Å²) in [5.41, 5.74) is 14.7. The minimum absolute atomic E-state index is 0.0387. The molecule has 0 aliphatic carbocycles. The van der Waals surface area contributed by atoms with Crippen molar-refractivity contribution in [2.45, 2.75) is 39.1 Å². The molecule has 0 spiro atoms. The van der Waals surface area contributed by atoms with Crippen molar-refractivity contribution in [3.05, 3.63) is 213 Å². The predicted octanol–water partition coefficient (Wildman–Crippen LogP) is 8.77. The lowest BCUT2D eigenvalue weighted by Gasteiger charge is -2.12. The average molecular weight is 1150 g/mol. The fourth-order valence-electron chi connectivity index (χ4n) is 8.84. The molecule has 84 heavy (non-hydrogen) atoms. The van der Waals surface area contributed by atoms with Gasteiger partial charge in [0.05, 0.1) is 57.8 Å². The van der Waals surface area contributed by atoms with Crippen LogP contribution in [-0.4, -0.2) is 100 Å². The number of nitrogens with zero attached hydrogens (tertiary/aromatic N) is 8. The van der Waals surface area contributed by atoms with Gasteiger partial charge in [-0.1, -0.05) is 24.3 Å². The van der Waals surface area contributed by atoms with Gasteiger partial charge < -0.3 is 49.8 Å². The molecule has 0 bridgehead atoms. The van der Waals surface area contributed by atoms with Crippen LogP contribution in [0.4, 0.5) is 17.6 Å². The van der Waals surface area contributed by atoms with Gasteiger partial charge in [0.15, 0.2) is 0 Å². The second-order valence-corrected chi connectivity index (χ2v) is 18.7. The van der Waals surface area contributed by atoms with Gasteiger partial charge in [-0.2, -0.15) is 0 Å². The third-order valence-electron chi connectivity index (χ3n) is 13.1. The number of carbonyl (C=O) groups is 4. The summed E-state index contributed by atoms with van der Waals surface area (Å²) in [6.07, 6.45) is 2.82. The van der Waals surface area contributed by atoms with Gasteiger partial charge in [0, 0.05) is 86.9 Å². The van der Waals surface area contributed by atoms with Crippen LogP contribution < -0.4 is 20.9 Å². The number of aromatic nitrogens is 8. The first kappa shape index (κ1) is 58.2. The molecule has 0 atom stereocenters. The summed E-state index contributed by atoms with van der Waals surface area (Å²) in [6.45, 7) is 1.47. The highest BCUT2D eigenvalue weighted by Gasteiger charge is 2.21. The van der Waals surface area contributed by atoms with Crippen molar-refractivity contribution in [2.75, 3.05) is 27.4 Å². The van der Waals surface area contributed by atoms with E-state index in [1.165, 1.54) is 75.1 Å². The highest BCUT2D eigenvalue weighted by atomic mass is 19.1. The standard InChI is InChI=1S/2C30H25F2N5O5/c2*1-41-10-9-37-26-12-18(30(39)40)6-8-24(26)35-27(37)13-19-11-22(32)20(14-21(19)31)23-3-2-4-28(36-23)42-16-17-5-7-25(29(33)38)34-15-17/h2*2-8,11-12,14-15H,9-10,13,16H2,1H3,(H2,33,38)(H,39,40). The Labute approximate surface area is 474 Å². The molecule has 6 heterocycles. The Morgan fingerprint density at radius 2 is 0.929 bits per heavy atom. The summed E-state index contributed by atoms with van der Waals surface area (Å²) >= 11 is 0. The summed E-state index contributed by atoms with van der Waals surface area (Å²) in [5, 5.41) is 18.8. The third-order valence-corrected chi connectivity index (χ3v) is 13.1. The lowest BCUT2D eigenvalue weighted by Crippen LogP contribution is -2.13. The number of primary amides is 2. The number of pyridine rings is 4. The predicted molar refractivity (Wildman–Crippen MR) is 296 cm³/mol. The Balaban J connectivity index is 0.000000202. The van der Waals surface area contributed by atoms with Gasteiger partial charge in [0.2, 0.25) is 11.8 Å². The minimum atomic E-state index is -1.08. The fourth-order valence-corrected chi connectivity index (χ4v) is 8.84. The summed E-state index contributed by atoms with van der Waals surface area (Å²) in [4.78, 5) is 71.0. The van der Waals surface area contributed by atoms with Gasteiger partial charge in [-0.15, -0.1) is 0 Å². The van der Waals surface area contributed by atoms with Gasteiger partial charge in [0.25, 0.3) is 11.8 Å². The zero-order valence-electron chi connectivity index (χ0n) is 44.8. The lowest BCUT2D eigenvalue weighted by molar-refractivity contribution is 0.0686. The van der Waals surface area contributed by atoms with E-state index in [0.29, 0.717) is 71.1 Å². The molecule has 0 unspecified atom stereocenters. The van der Waals surface area contributed by atoms with E-state index in [0.717, 1.165) is 24.3 Å². The molecule has 24 heteroatoms. The molecule has 428 valence electrons. The van der Waals surface area contributed by atoms with E-state index in [1.54, 1.807) is 57.7 Å². The molecule has 2 amide bonds. The number of nitrogens with two attached hydrogens (primary N) is 2. The van der Waals surface area contributed by atoms with E-state index >= 15 is 17.6 Å². The Morgan fingerprint density at radius 3 is 1.29 bits per heavy atom. The lowest BCUT2D eigenvalue weighted by atomic mass is 10.0. The fraction of sp³-hybridized carbons (Fsp3) is 0.167. The Kier molecular flexibility index (Phi) is 18.0. The highest BCUT2D eigenvalue weighted by Crippen LogP contribution is 2.31. The molecule has 20 nitrogen and oxygen atoms in total. The monoisotopic (exact) mass is 1150 g/mol. The number of rotatable bonds is 22. The number of carboxylic acids is 2. The number of imidazole rings is 2. The van der Waals surface area contributed by atoms with Crippen molar-refractivity contribution >= 4 is 45.8 Å². The van der Waals surface area contributed by atoms with E-state index in [4.69, 9.17) is 30.4 Å². The number of hydrogen-bond donors (Lipinski definition) is 4. The quantitative estimate of drug-likeness (QED) is 0.0461. The molecular formula is C60H50F4N10O10. The summed E-state index contributed by atoms with van der Waals surface area (Å²) in [5.74, 6) is -4.90. The van der Waals surface area contributed by atoms with Crippen LogP contribution in [0.5, 0.6) is 11.8 Å². The molecule has 0 radical (unpaired) electrons. The Morgan fingerprint density at radius 1 is 0.512 bits per heavy atom. The number of hydrogen-bond acceptors (Lipinski definition) is 14. The molecule has 0 saturated heterocycles. The zero-order valence-corrected chi connectivity index (χ0v) is 44.8. The van der Waals surface area contributed by atoms with Gasteiger partial charge in [-0.05, 0) is 96.1 Å². The van der Waals surface area contributed by atoms with E-state index in [9.17, 15) is 29.4 Å². The van der Waals surface area contributed by atoms with Crippen LogP contribution in [0.1, 0.15) is 75.6 Å². The summed E-state index contributed by atoms with van der Waals surface area (Å²) < 4.78 is 86.7. The Bertz CT molecular complexity index is 3840. The van der Waals surface area contributed by atoms with Gasteiger partial charge >= 0.3 is 11.9 Å². The zero-order chi connectivity index (χ0) is 59.6. The number of aromatic carboxylic acids is 2. The van der Waals surface area contributed by atoms with Crippen molar-refractivity contribution in [2.24, 2.45) is 11.5 Å². The SMILES string of the molecule is COCCn1c(Cc2cc(F)c(-c3cccc(OCc4ccc(C(N)=O)nc4)n3)cc2F)nc2ccc(C(=O)O)cc21.COCCn1c(Cc2cc(F)c(-c3cccc(OCc4ccc(C(N)=O)nc4)n3)cc2F)nc2ccc(C(=O)O)cc21. The number of fused-ring (bicyclic) bond motifs is 2. The van der Waals surface area contributed by atoms with Crippen molar-refractivity contribution in [1.29, 1.82) is 0 Å². The van der Waals surface area contributed by atoms with Crippen molar-refractivity contribution in [3.8, 4) is 34.3 Å². The van der Waals surface area contributed by atoms with Crippen molar-refractivity contribution in [1.82, 2.24) is 39.0 Å². The normalized spacial score (nSPS) is 11.1. The van der Waals surface area contributed by atoms with E-state index in [2.05, 4.69) is 29.9 Å². The summed E-state index contributed by atoms with van der Waals surface area (Å²) in [6, 6.07) is 29.1. The maximum absolute atomic E-state index is 15.4. The molecule has 4 aromatic carbocycles. The molecule has 10 aromatic rings. The molecule has 0 aliphatic heterocycles. The van der Waals surface area contributed by atoms with E-state index in [1.807, 2.05) is 0 Å². The maximum atomic E-state index is 15.4. The van der Waals surface area contributed by atoms with Crippen LogP contribution in [-0.2, 0) is 48.6 Å². The molecule has 10 rings (SSSR count). The number of carbonyl (C=O) groups excluding carboxylic acids is 2. The number of benzene rings is 4. The Hall–Kier alpha value is -10.5. The molecule has 6 N–H and O–H groups in total. The number of carboxylic acid groups (broad SMARTS) is 2. The molecule has 0 aliphatic rings. The van der Waals surface area contributed by atoms with Crippen LogP contribution >= 0.6 is 0 Å². The molecular weight excluding hydrogens is 1100 g/mol. The molecule has 0 fully saturated rings. The van der Waals surface area contributed by atoms with Crippen LogP contribution in [0.3, 0.4) is 0 Å². The number of methoxy groups -OCH3 is 2. The van der Waals surface area contributed by atoms with E-state index in [-0.39, 0.29) is 94.0 Å². The average Bonchev–Trinajstić information content (AvgIpc) is 3.23. The topological polar surface area (TPSA) is 285 Å². The number of ether oxygens (including phenoxy) is 4. The summed E-state index contributed by atoms with van der Waals surface area (Å²) in [7, 11) is 3.06. The first-order valence-corrected chi connectivity index (χ1v) is 25.5. The first-order valence-electron chi connectivity index (χ1n) is 25.5. The number of amides is 2. The van der Waals surface area contributed by atoms with Gasteiger partial charge in [-0.3, -0.25) is 19.6 Å². The molecule has 6 aromatic heterocycles. The van der Waals surface area contributed by atoms with Crippen molar-refractivity contribution in [3.63, 3.8) is 0 Å². The minimum Gasteiger partial charge on any atom is -0.478 e. The van der Waals surface area contributed by atoms with Crippen LogP contribution in [0, 0.1) is 23.3 Å². The number of halogens is 4. The third kappa shape index (κ3) is 13.6. The van der Waals surface area contributed by atoms with E-state index < -0.39 is 47.0 Å². The first-order chi connectivity index (χ1) is 40.5. The highest BCUT2D eigenvalue weighted by molar-refractivity contribution is 5.94. The second-order valence-electron chi connectivity index (χ2n) is 18.7.